The van der Waals surface area contributed by atoms with E-state index in [0.717, 1.165) is 16.7 Å². The molecule has 1 fully saturated rings. The van der Waals surface area contributed by atoms with Gasteiger partial charge in [-0.15, -0.1) is 0 Å². The molecule has 1 saturated carbocycles. The van der Waals surface area contributed by atoms with Crippen molar-refractivity contribution < 1.29 is 0 Å². The topological polar surface area (TPSA) is 29.9 Å². The van der Waals surface area contributed by atoms with E-state index in [9.17, 15) is 0 Å². The summed E-state index contributed by atoms with van der Waals surface area (Å²) in [6.45, 7) is 2.07. The van der Waals surface area contributed by atoms with E-state index in [-0.39, 0.29) is 0 Å². The molecule has 0 atom stereocenters. The predicted octanol–water partition coefficient (Wildman–Crippen LogP) is 4.70. The summed E-state index contributed by atoms with van der Waals surface area (Å²) in [6.07, 6.45) is 9.06. The van der Waals surface area contributed by atoms with Crippen LogP contribution in [0, 0.1) is 6.92 Å². The SMILES string of the molecule is Cc1ccc(Cl)cc1Nc1nccn1C1CCCC1. The van der Waals surface area contributed by atoms with Crippen molar-refractivity contribution >= 4 is 23.2 Å². The molecule has 1 aliphatic carbocycles. The van der Waals surface area contributed by atoms with Crippen LogP contribution >= 0.6 is 11.6 Å². The molecule has 0 saturated heterocycles. The Morgan fingerprint density at radius 3 is 2.89 bits per heavy atom. The molecule has 4 heteroatoms. The normalized spacial score (nSPS) is 15.9. The Kier molecular flexibility index (Phi) is 3.47. The summed E-state index contributed by atoms with van der Waals surface area (Å²) in [6, 6.07) is 6.47. The average Bonchev–Trinajstić information content (AvgIpc) is 3.03. The van der Waals surface area contributed by atoms with Crippen molar-refractivity contribution in [1.82, 2.24) is 9.55 Å². The number of aromatic nitrogens is 2. The van der Waals surface area contributed by atoms with Gasteiger partial charge in [0.2, 0.25) is 5.95 Å². The molecule has 0 amide bonds. The quantitative estimate of drug-likeness (QED) is 0.880. The number of nitrogens with one attached hydrogen (secondary N) is 1. The highest BCUT2D eigenvalue weighted by atomic mass is 35.5. The first-order valence-corrected chi connectivity index (χ1v) is 7.18. The van der Waals surface area contributed by atoms with Gasteiger partial charge in [-0.05, 0) is 37.5 Å². The maximum atomic E-state index is 6.06. The fraction of sp³-hybridized carbons (Fsp3) is 0.400. The van der Waals surface area contributed by atoms with E-state index in [4.69, 9.17) is 11.6 Å². The van der Waals surface area contributed by atoms with Gasteiger partial charge in [-0.3, -0.25) is 0 Å². The number of aryl methyl sites for hydroxylation is 1. The molecule has 1 heterocycles. The summed E-state index contributed by atoms with van der Waals surface area (Å²) in [5.74, 6) is 0.914. The Morgan fingerprint density at radius 2 is 2.11 bits per heavy atom. The minimum atomic E-state index is 0.587. The minimum Gasteiger partial charge on any atom is -0.325 e. The van der Waals surface area contributed by atoms with Crippen LogP contribution in [-0.4, -0.2) is 9.55 Å². The molecular weight excluding hydrogens is 258 g/mol. The number of benzene rings is 1. The van der Waals surface area contributed by atoms with Crippen molar-refractivity contribution in [2.45, 2.75) is 38.6 Å². The second-order valence-electron chi connectivity index (χ2n) is 5.18. The summed E-state index contributed by atoms with van der Waals surface area (Å²) >= 11 is 6.06. The molecule has 3 nitrogen and oxygen atoms in total. The zero-order valence-corrected chi connectivity index (χ0v) is 11.8. The van der Waals surface area contributed by atoms with Crippen LogP contribution < -0.4 is 5.32 Å². The van der Waals surface area contributed by atoms with Gasteiger partial charge >= 0.3 is 0 Å². The summed E-state index contributed by atoms with van der Waals surface area (Å²) in [5.41, 5.74) is 2.20. The Morgan fingerprint density at radius 1 is 1.32 bits per heavy atom. The highest BCUT2D eigenvalue weighted by molar-refractivity contribution is 6.30. The highest BCUT2D eigenvalue weighted by Crippen LogP contribution is 2.32. The molecule has 0 unspecified atom stereocenters. The highest BCUT2D eigenvalue weighted by Gasteiger charge is 2.19. The maximum Gasteiger partial charge on any atom is 0.207 e. The first-order valence-electron chi connectivity index (χ1n) is 6.80. The van der Waals surface area contributed by atoms with Crippen LogP contribution in [0.3, 0.4) is 0 Å². The van der Waals surface area contributed by atoms with E-state index in [1.807, 2.05) is 24.4 Å². The van der Waals surface area contributed by atoms with Gasteiger partial charge in [0.1, 0.15) is 0 Å². The van der Waals surface area contributed by atoms with Gasteiger partial charge in [-0.1, -0.05) is 30.5 Å². The van der Waals surface area contributed by atoms with E-state index >= 15 is 0 Å². The van der Waals surface area contributed by atoms with Gasteiger partial charge in [0, 0.05) is 29.1 Å². The number of imidazole rings is 1. The van der Waals surface area contributed by atoms with Crippen molar-refractivity contribution in [3.63, 3.8) is 0 Å². The standard InChI is InChI=1S/C15H18ClN3/c1-11-6-7-12(16)10-14(11)18-15-17-8-9-19(15)13-4-2-3-5-13/h6-10,13H,2-5H2,1H3,(H,17,18). The van der Waals surface area contributed by atoms with Crippen LogP contribution in [-0.2, 0) is 0 Å². The fourth-order valence-electron chi connectivity index (χ4n) is 2.74. The van der Waals surface area contributed by atoms with E-state index in [2.05, 4.69) is 28.0 Å². The number of nitrogens with zero attached hydrogens (tertiary/aromatic N) is 2. The third-order valence-electron chi connectivity index (χ3n) is 3.83. The molecule has 0 spiro atoms. The molecule has 1 aromatic carbocycles. The number of rotatable bonds is 3. The number of hydrogen-bond donors (Lipinski definition) is 1. The fourth-order valence-corrected chi connectivity index (χ4v) is 2.91. The molecule has 0 aliphatic heterocycles. The van der Waals surface area contributed by atoms with Crippen LogP contribution in [0.4, 0.5) is 11.6 Å². The zero-order valence-electron chi connectivity index (χ0n) is 11.1. The lowest BCUT2D eigenvalue weighted by atomic mass is 10.2. The van der Waals surface area contributed by atoms with Crippen LogP contribution in [0.15, 0.2) is 30.6 Å². The van der Waals surface area contributed by atoms with Crippen LogP contribution in [0.25, 0.3) is 0 Å². The zero-order chi connectivity index (χ0) is 13.2. The minimum absolute atomic E-state index is 0.587. The predicted molar refractivity (Wildman–Crippen MR) is 79.2 cm³/mol. The molecule has 1 aliphatic rings. The average molecular weight is 276 g/mol. The lowest BCUT2D eigenvalue weighted by Gasteiger charge is -2.16. The third-order valence-corrected chi connectivity index (χ3v) is 4.07. The second-order valence-corrected chi connectivity index (χ2v) is 5.62. The van der Waals surface area contributed by atoms with E-state index in [0.29, 0.717) is 6.04 Å². The van der Waals surface area contributed by atoms with Crippen molar-refractivity contribution in [3.8, 4) is 0 Å². The van der Waals surface area contributed by atoms with Crippen molar-refractivity contribution in [1.29, 1.82) is 0 Å². The Hall–Kier alpha value is -1.48. The number of anilines is 2. The molecule has 3 rings (SSSR count). The lowest BCUT2D eigenvalue weighted by Crippen LogP contribution is -2.08. The van der Waals surface area contributed by atoms with Crippen LogP contribution in [0.2, 0.25) is 5.02 Å². The number of halogens is 1. The van der Waals surface area contributed by atoms with Crippen LogP contribution in [0.5, 0.6) is 0 Å². The lowest BCUT2D eigenvalue weighted by molar-refractivity contribution is 0.525. The Balaban J connectivity index is 1.87. The first-order chi connectivity index (χ1) is 9.24. The maximum absolute atomic E-state index is 6.06. The third kappa shape index (κ3) is 2.61. The van der Waals surface area contributed by atoms with E-state index < -0.39 is 0 Å². The molecule has 0 bridgehead atoms. The summed E-state index contributed by atoms with van der Waals surface area (Å²) in [4.78, 5) is 4.44. The molecule has 1 N–H and O–H groups in total. The van der Waals surface area contributed by atoms with Gasteiger partial charge in [0.25, 0.3) is 0 Å². The molecule has 2 aromatic rings. The van der Waals surface area contributed by atoms with Crippen molar-refractivity contribution in [3.05, 3.63) is 41.2 Å². The van der Waals surface area contributed by atoms with E-state index in [1.165, 1.54) is 31.2 Å². The first kappa shape index (κ1) is 12.5. The second kappa shape index (κ2) is 5.25. The molecule has 0 radical (unpaired) electrons. The van der Waals surface area contributed by atoms with Gasteiger partial charge in [-0.25, -0.2) is 4.98 Å². The summed E-state index contributed by atoms with van der Waals surface area (Å²) in [7, 11) is 0. The summed E-state index contributed by atoms with van der Waals surface area (Å²) in [5, 5.41) is 4.15. The van der Waals surface area contributed by atoms with Crippen molar-refractivity contribution in [2.24, 2.45) is 0 Å². The Bertz CT molecular complexity index is 571. The smallest absolute Gasteiger partial charge is 0.207 e. The monoisotopic (exact) mass is 275 g/mol. The molecule has 19 heavy (non-hydrogen) atoms. The summed E-state index contributed by atoms with van der Waals surface area (Å²) < 4.78 is 2.26. The molecular formula is C15H18ClN3. The number of hydrogen-bond acceptors (Lipinski definition) is 2. The van der Waals surface area contributed by atoms with E-state index in [1.54, 1.807) is 0 Å². The van der Waals surface area contributed by atoms with Gasteiger partial charge < -0.3 is 9.88 Å². The molecule has 100 valence electrons. The van der Waals surface area contributed by atoms with Gasteiger partial charge in [-0.2, -0.15) is 0 Å². The molecule has 1 aromatic heterocycles. The van der Waals surface area contributed by atoms with Crippen LogP contribution in [0.1, 0.15) is 37.3 Å². The van der Waals surface area contributed by atoms with Gasteiger partial charge in [0.15, 0.2) is 0 Å². The van der Waals surface area contributed by atoms with Crippen molar-refractivity contribution in [2.75, 3.05) is 5.32 Å². The largest absolute Gasteiger partial charge is 0.325 e. The Labute approximate surface area is 118 Å². The van der Waals surface area contributed by atoms with Gasteiger partial charge in [0.05, 0.1) is 0 Å².